The molecule has 0 bridgehead atoms. The number of hydrogen-bond acceptors (Lipinski definition) is 5. The number of aryl methyl sites for hydroxylation is 1. The van der Waals surface area contributed by atoms with Gasteiger partial charge in [-0.1, -0.05) is 41.1 Å². The Morgan fingerprint density at radius 2 is 2.12 bits per heavy atom. The molecule has 0 spiro atoms. The number of aliphatic hydroxyl groups is 1. The van der Waals surface area contributed by atoms with Crippen LogP contribution < -0.4 is 22.5 Å². The van der Waals surface area contributed by atoms with Crippen molar-refractivity contribution in [2.24, 2.45) is 17.2 Å². The Balaban J connectivity index is 2.49. The molecular weight excluding hydrogens is 324 g/mol. The number of fused-ring (bicyclic) bond motifs is 1. The van der Waals surface area contributed by atoms with Gasteiger partial charge in [-0.2, -0.15) is 0 Å². The molecule has 0 radical (unpaired) electrons. The van der Waals surface area contributed by atoms with E-state index in [9.17, 15) is 9.90 Å². The van der Waals surface area contributed by atoms with E-state index in [1.807, 2.05) is 32.9 Å². The first-order valence-electron chi connectivity index (χ1n) is 7.60. The number of nitrogens with one attached hydrogen (secondary N) is 1. The lowest BCUT2D eigenvalue weighted by Gasteiger charge is -2.35. The van der Waals surface area contributed by atoms with E-state index in [0.29, 0.717) is 11.4 Å². The van der Waals surface area contributed by atoms with Gasteiger partial charge in [-0.15, -0.1) is 0 Å². The van der Waals surface area contributed by atoms with Gasteiger partial charge in [0.1, 0.15) is 6.23 Å². The fourth-order valence-electron chi connectivity index (χ4n) is 2.93. The zero-order chi connectivity index (χ0) is 18.1. The lowest BCUT2D eigenvalue weighted by Crippen LogP contribution is -2.36. The summed E-state index contributed by atoms with van der Waals surface area (Å²) < 4.78 is 0. The Hall–Kier alpha value is -1.80. The topological polar surface area (TPSA) is 127 Å². The molecule has 0 fully saturated rings. The van der Waals surface area contributed by atoms with Crippen molar-refractivity contribution in [1.82, 2.24) is 5.32 Å². The summed E-state index contributed by atoms with van der Waals surface area (Å²) in [5, 5.41) is 12.3. The maximum absolute atomic E-state index is 11.2. The third kappa shape index (κ3) is 4.18. The molecule has 130 valence electrons. The highest BCUT2D eigenvalue weighted by atomic mass is 32.2. The zero-order valence-electron chi connectivity index (χ0n) is 14.1. The normalized spacial score (nSPS) is 22.2. The summed E-state index contributed by atoms with van der Waals surface area (Å²) in [6.45, 7) is 6.04. The SMILES string of the molecule is CC1=C(S/C(=C/C(N)O)NC(N)=O)c2cc(C)ccc2C(C)(N)C1. The summed E-state index contributed by atoms with van der Waals surface area (Å²) >= 11 is 1.32. The minimum absolute atomic E-state index is 0.389. The number of carbonyl (C=O) groups excluding carboxylic acids is 1. The van der Waals surface area contributed by atoms with Gasteiger partial charge in [0.2, 0.25) is 0 Å². The Morgan fingerprint density at radius 1 is 1.46 bits per heavy atom. The van der Waals surface area contributed by atoms with Crippen LogP contribution in [-0.4, -0.2) is 17.4 Å². The molecule has 1 aromatic rings. The summed E-state index contributed by atoms with van der Waals surface area (Å²) in [4.78, 5) is 12.2. The predicted octanol–water partition coefficient (Wildman–Crippen LogP) is 1.82. The highest BCUT2D eigenvalue weighted by molar-refractivity contribution is 8.11. The molecule has 8 N–H and O–H groups in total. The summed E-state index contributed by atoms with van der Waals surface area (Å²) in [5.74, 6) is 0. The van der Waals surface area contributed by atoms with Crippen molar-refractivity contribution >= 4 is 22.7 Å². The fourth-order valence-corrected chi connectivity index (χ4v) is 4.03. The third-order valence-electron chi connectivity index (χ3n) is 3.84. The molecule has 0 heterocycles. The van der Waals surface area contributed by atoms with Crippen molar-refractivity contribution in [2.45, 2.75) is 39.0 Å². The number of thioether (sulfide) groups is 1. The number of urea groups is 1. The average Bonchev–Trinajstić information content (AvgIpc) is 2.40. The smallest absolute Gasteiger partial charge is 0.317 e. The number of primary amides is 1. The molecule has 7 heteroatoms. The second-order valence-electron chi connectivity index (χ2n) is 6.37. The van der Waals surface area contributed by atoms with E-state index >= 15 is 0 Å². The number of benzene rings is 1. The zero-order valence-corrected chi connectivity index (χ0v) is 14.9. The average molecular weight is 348 g/mol. The van der Waals surface area contributed by atoms with Crippen LogP contribution in [0.2, 0.25) is 0 Å². The molecule has 6 nitrogen and oxygen atoms in total. The predicted molar refractivity (Wildman–Crippen MR) is 98.5 cm³/mol. The molecule has 2 unspecified atom stereocenters. The van der Waals surface area contributed by atoms with Gasteiger partial charge in [-0.05, 0) is 44.4 Å². The quantitative estimate of drug-likeness (QED) is 0.530. The van der Waals surface area contributed by atoms with Gasteiger partial charge >= 0.3 is 6.03 Å². The number of nitrogens with two attached hydrogens (primary N) is 3. The molecule has 0 saturated carbocycles. The first-order valence-corrected chi connectivity index (χ1v) is 8.41. The van der Waals surface area contributed by atoms with Gasteiger partial charge in [0.15, 0.2) is 0 Å². The van der Waals surface area contributed by atoms with Gasteiger partial charge in [-0.25, -0.2) is 4.79 Å². The lowest BCUT2D eigenvalue weighted by molar-refractivity contribution is 0.230. The maximum Gasteiger partial charge on any atom is 0.317 e. The van der Waals surface area contributed by atoms with Crippen molar-refractivity contribution in [3.8, 4) is 0 Å². The monoisotopic (exact) mass is 348 g/mol. The number of aliphatic hydroxyl groups excluding tert-OH is 1. The summed E-state index contributed by atoms with van der Waals surface area (Å²) in [7, 11) is 0. The molecule has 1 aliphatic carbocycles. The molecule has 1 aliphatic rings. The minimum Gasteiger partial charge on any atom is -0.375 e. The summed E-state index contributed by atoms with van der Waals surface area (Å²) in [6.07, 6.45) is 0.850. The van der Waals surface area contributed by atoms with Crippen molar-refractivity contribution in [3.05, 3.63) is 51.6 Å². The van der Waals surface area contributed by atoms with Crippen LogP contribution >= 0.6 is 11.8 Å². The second-order valence-corrected chi connectivity index (χ2v) is 7.42. The van der Waals surface area contributed by atoms with Crippen LogP contribution in [0.4, 0.5) is 4.79 Å². The molecule has 0 aliphatic heterocycles. The summed E-state index contributed by atoms with van der Waals surface area (Å²) in [6, 6.07) is 5.44. The third-order valence-corrected chi connectivity index (χ3v) is 5.07. The lowest BCUT2D eigenvalue weighted by atomic mass is 9.78. The highest BCUT2D eigenvalue weighted by Gasteiger charge is 2.32. The van der Waals surface area contributed by atoms with Crippen LogP contribution in [0.25, 0.3) is 4.91 Å². The van der Waals surface area contributed by atoms with Crippen LogP contribution in [0.1, 0.15) is 37.0 Å². The van der Waals surface area contributed by atoms with Gasteiger partial charge in [0.05, 0.1) is 5.03 Å². The molecule has 2 atom stereocenters. The largest absolute Gasteiger partial charge is 0.375 e. The molecule has 2 rings (SSSR count). The van der Waals surface area contributed by atoms with E-state index in [1.54, 1.807) is 0 Å². The number of rotatable bonds is 4. The van der Waals surface area contributed by atoms with E-state index in [0.717, 1.165) is 27.2 Å². The van der Waals surface area contributed by atoms with E-state index in [4.69, 9.17) is 17.2 Å². The standard InChI is InChI=1S/C17H24N4O2S/c1-9-4-5-12-11(6-9)15(10(2)8-17(12,3)20)24-14(7-13(18)22)21-16(19)23/h4-7,13,22H,8,18,20H2,1-3H3,(H3,19,21,23)/b14-7+. The van der Waals surface area contributed by atoms with Crippen LogP contribution in [0.3, 0.4) is 0 Å². The number of amides is 2. The number of carbonyl (C=O) groups is 1. The van der Waals surface area contributed by atoms with Crippen molar-refractivity contribution < 1.29 is 9.90 Å². The van der Waals surface area contributed by atoms with E-state index in [1.165, 1.54) is 17.8 Å². The van der Waals surface area contributed by atoms with E-state index < -0.39 is 17.8 Å². The van der Waals surface area contributed by atoms with Crippen LogP contribution in [0.15, 0.2) is 34.9 Å². The summed E-state index contributed by atoms with van der Waals surface area (Å²) in [5.41, 5.74) is 20.9. The van der Waals surface area contributed by atoms with Gasteiger partial charge in [0, 0.05) is 10.4 Å². The molecule has 0 saturated heterocycles. The highest BCUT2D eigenvalue weighted by Crippen LogP contribution is 2.46. The van der Waals surface area contributed by atoms with Gasteiger partial charge in [-0.3, -0.25) is 0 Å². The van der Waals surface area contributed by atoms with Gasteiger partial charge < -0.3 is 27.6 Å². The molecule has 0 aromatic heterocycles. The van der Waals surface area contributed by atoms with Crippen LogP contribution in [0.5, 0.6) is 0 Å². The second kappa shape index (κ2) is 6.98. The van der Waals surface area contributed by atoms with E-state index in [-0.39, 0.29) is 0 Å². The minimum atomic E-state index is -1.19. The Bertz CT molecular complexity index is 723. The van der Waals surface area contributed by atoms with Crippen molar-refractivity contribution in [2.75, 3.05) is 0 Å². The van der Waals surface area contributed by atoms with Crippen LogP contribution in [-0.2, 0) is 5.54 Å². The Labute approximate surface area is 146 Å². The molecule has 2 amide bonds. The number of hydrogen-bond donors (Lipinski definition) is 5. The van der Waals surface area contributed by atoms with Crippen LogP contribution in [0, 0.1) is 6.92 Å². The Morgan fingerprint density at radius 3 is 2.71 bits per heavy atom. The fraction of sp³-hybridized carbons (Fsp3) is 0.353. The Kier molecular flexibility index (Phi) is 5.39. The first-order chi connectivity index (χ1) is 11.1. The van der Waals surface area contributed by atoms with E-state index in [2.05, 4.69) is 11.4 Å². The molecule has 1 aromatic carbocycles. The molecular formula is C17H24N4O2S. The van der Waals surface area contributed by atoms with Crippen molar-refractivity contribution in [1.29, 1.82) is 0 Å². The first kappa shape index (κ1) is 18.5. The molecule has 24 heavy (non-hydrogen) atoms. The van der Waals surface area contributed by atoms with Gasteiger partial charge in [0.25, 0.3) is 0 Å². The van der Waals surface area contributed by atoms with Crippen molar-refractivity contribution in [3.63, 3.8) is 0 Å². The maximum atomic E-state index is 11.2.